The van der Waals surface area contributed by atoms with Crippen LogP contribution in [0, 0.1) is 5.92 Å². The predicted molar refractivity (Wildman–Crippen MR) is 91.3 cm³/mol. The van der Waals surface area contributed by atoms with Gasteiger partial charge in [0.25, 0.3) is 0 Å². The van der Waals surface area contributed by atoms with E-state index in [1.807, 2.05) is 0 Å². The molecule has 1 aliphatic heterocycles. The molecule has 2 rings (SSSR count). The Kier molecular flexibility index (Phi) is 5.91. The van der Waals surface area contributed by atoms with E-state index in [0.29, 0.717) is 6.04 Å². The molecule has 3 heteroatoms. The average Bonchev–Trinajstić information content (AvgIpc) is 2.62. The van der Waals surface area contributed by atoms with Gasteiger partial charge >= 0.3 is 0 Å². The second kappa shape index (κ2) is 7.46. The number of nitrogens with one attached hydrogen (secondary N) is 1. The molecule has 1 atom stereocenters. The molecule has 0 spiro atoms. The Labute approximate surface area is 132 Å². The Bertz CT molecular complexity index is 431. The van der Waals surface area contributed by atoms with Crippen LogP contribution in [0.4, 0.5) is 5.69 Å². The van der Waals surface area contributed by atoms with E-state index in [1.54, 1.807) is 0 Å². The molecule has 0 radical (unpaired) electrons. The fourth-order valence-electron chi connectivity index (χ4n) is 2.80. The monoisotopic (exact) mass is 338 g/mol. The van der Waals surface area contributed by atoms with Crippen molar-refractivity contribution in [3.8, 4) is 0 Å². The highest BCUT2D eigenvalue weighted by molar-refractivity contribution is 9.10. The van der Waals surface area contributed by atoms with E-state index in [2.05, 4.69) is 65.1 Å². The van der Waals surface area contributed by atoms with E-state index in [9.17, 15) is 0 Å². The molecular weight excluding hydrogens is 312 g/mol. The molecule has 1 fully saturated rings. The maximum atomic E-state index is 3.63. The third kappa shape index (κ3) is 4.49. The second-order valence-electron chi connectivity index (χ2n) is 6.33. The van der Waals surface area contributed by atoms with E-state index in [0.717, 1.165) is 12.5 Å². The predicted octanol–water partition coefficient (Wildman–Crippen LogP) is 4.57. The third-order valence-corrected chi connectivity index (χ3v) is 4.60. The van der Waals surface area contributed by atoms with Crippen molar-refractivity contribution in [1.82, 2.24) is 5.32 Å². The lowest BCUT2D eigenvalue weighted by Gasteiger charge is -2.26. The lowest BCUT2D eigenvalue weighted by Crippen LogP contribution is -2.28. The molecule has 1 aromatic rings. The Morgan fingerprint density at radius 1 is 1.30 bits per heavy atom. The highest BCUT2D eigenvalue weighted by atomic mass is 79.9. The minimum atomic E-state index is 0.524. The largest absolute Gasteiger partial charge is 0.371 e. The summed E-state index contributed by atoms with van der Waals surface area (Å²) in [5, 5.41) is 3.54. The number of anilines is 1. The van der Waals surface area contributed by atoms with Crippen molar-refractivity contribution in [2.75, 3.05) is 18.0 Å². The van der Waals surface area contributed by atoms with Crippen LogP contribution in [0.1, 0.15) is 45.6 Å². The quantitative estimate of drug-likeness (QED) is 0.864. The number of benzene rings is 1. The normalized spacial score (nSPS) is 20.2. The van der Waals surface area contributed by atoms with Crippen LogP contribution in [-0.4, -0.2) is 19.1 Å². The van der Waals surface area contributed by atoms with E-state index in [-0.39, 0.29) is 0 Å². The van der Waals surface area contributed by atoms with Gasteiger partial charge in [0, 0.05) is 35.8 Å². The van der Waals surface area contributed by atoms with E-state index >= 15 is 0 Å². The highest BCUT2D eigenvalue weighted by Gasteiger charge is 2.17. The molecule has 0 saturated carbocycles. The fraction of sp³-hybridized carbons (Fsp3) is 0.647. The van der Waals surface area contributed by atoms with Gasteiger partial charge < -0.3 is 10.2 Å². The summed E-state index contributed by atoms with van der Waals surface area (Å²) in [6.07, 6.45) is 3.98. The molecule has 2 nitrogen and oxygen atoms in total. The standard InChI is InChI=1S/C17H27BrN2/c1-13(2)19-12-15-6-7-16(18)11-17(15)20-9-4-5-14(3)8-10-20/h6-7,11,13-14,19H,4-5,8-10,12H2,1-3H3. The number of halogens is 1. The molecule has 1 unspecified atom stereocenters. The van der Waals surface area contributed by atoms with Crippen LogP contribution in [0.15, 0.2) is 22.7 Å². The van der Waals surface area contributed by atoms with Crippen LogP contribution >= 0.6 is 15.9 Å². The van der Waals surface area contributed by atoms with E-state index in [1.165, 1.54) is 48.1 Å². The fourth-order valence-corrected chi connectivity index (χ4v) is 3.15. The summed E-state index contributed by atoms with van der Waals surface area (Å²) in [6, 6.07) is 7.22. The molecule has 112 valence electrons. The van der Waals surface area contributed by atoms with E-state index in [4.69, 9.17) is 0 Å². The molecule has 1 saturated heterocycles. The first kappa shape index (κ1) is 15.8. The molecule has 0 amide bonds. The third-order valence-electron chi connectivity index (χ3n) is 4.11. The molecule has 1 aliphatic rings. The summed E-state index contributed by atoms with van der Waals surface area (Å²) < 4.78 is 1.18. The first-order valence-electron chi connectivity index (χ1n) is 7.83. The van der Waals surface area contributed by atoms with Gasteiger partial charge in [-0.1, -0.05) is 42.8 Å². The minimum absolute atomic E-state index is 0.524. The lowest BCUT2D eigenvalue weighted by atomic mass is 10.0. The van der Waals surface area contributed by atoms with Crippen molar-refractivity contribution in [2.24, 2.45) is 5.92 Å². The van der Waals surface area contributed by atoms with Crippen molar-refractivity contribution in [1.29, 1.82) is 0 Å². The van der Waals surface area contributed by atoms with Gasteiger partial charge in [0.05, 0.1) is 0 Å². The van der Waals surface area contributed by atoms with Crippen LogP contribution in [0.25, 0.3) is 0 Å². The van der Waals surface area contributed by atoms with Gasteiger partial charge in [0.2, 0.25) is 0 Å². The summed E-state index contributed by atoms with van der Waals surface area (Å²) in [7, 11) is 0. The Balaban J connectivity index is 2.17. The van der Waals surface area contributed by atoms with Crippen LogP contribution in [-0.2, 0) is 6.54 Å². The van der Waals surface area contributed by atoms with Crippen LogP contribution in [0.2, 0.25) is 0 Å². The molecule has 1 heterocycles. The Morgan fingerprint density at radius 2 is 2.10 bits per heavy atom. The molecule has 0 aromatic heterocycles. The maximum absolute atomic E-state index is 3.63. The first-order valence-corrected chi connectivity index (χ1v) is 8.62. The van der Waals surface area contributed by atoms with Crippen molar-refractivity contribution in [2.45, 2.75) is 52.6 Å². The van der Waals surface area contributed by atoms with Gasteiger partial charge in [0.15, 0.2) is 0 Å². The highest BCUT2D eigenvalue weighted by Crippen LogP contribution is 2.28. The van der Waals surface area contributed by atoms with Crippen LogP contribution < -0.4 is 10.2 Å². The van der Waals surface area contributed by atoms with Gasteiger partial charge in [-0.15, -0.1) is 0 Å². The Hall–Kier alpha value is -0.540. The zero-order valence-corrected chi connectivity index (χ0v) is 14.5. The first-order chi connectivity index (χ1) is 9.56. The summed E-state index contributed by atoms with van der Waals surface area (Å²) >= 11 is 3.63. The van der Waals surface area contributed by atoms with Crippen molar-refractivity contribution in [3.63, 3.8) is 0 Å². The summed E-state index contributed by atoms with van der Waals surface area (Å²) in [4.78, 5) is 2.58. The summed E-state index contributed by atoms with van der Waals surface area (Å²) in [5.74, 6) is 0.865. The van der Waals surface area contributed by atoms with Gasteiger partial charge in [-0.25, -0.2) is 0 Å². The van der Waals surface area contributed by atoms with Crippen molar-refractivity contribution >= 4 is 21.6 Å². The number of hydrogen-bond donors (Lipinski definition) is 1. The van der Waals surface area contributed by atoms with Crippen molar-refractivity contribution < 1.29 is 0 Å². The number of hydrogen-bond acceptors (Lipinski definition) is 2. The molecule has 1 N–H and O–H groups in total. The zero-order chi connectivity index (χ0) is 14.5. The van der Waals surface area contributed by atoms with Gasteiger partial charge in [-0.3, -0.25) is 0 Å². The molecule has 1 aromatic carbocycles. The lowest BCUT2D eigenvalue weighted by molar-refractivity contribution is 0.521. The minimum Gasteiger partial charge on any atom is -0.371 e. The van der Waals surface area contributed by atoms with Crippen LogP contribution in [0.5, 0.6) is 0 Å². The maximum Gasteiger partial charge on any atom is 0.0423 e. The molecule has 20 heavy (non-hydrogen) atoms. The summed E-state index contributed by atoms with van der Waals surface area (Å²) in [6.45, 7) is 10.1. The van der Waals surface area contributed by atoms with Gasteiger partial charge in [0.1, 0.15) is 0 Å². The van der Waals surface area contributed by atoms with Gasteiger partial charge in [-0.2, -0.15) is 0 Å². The average molecular weight is 339 g/mol. The second-order valence-corrected chi connectivity index (χ2v) is 7.25. The van der Waals surface area contributed by atoms with Gasteiger partial charge in [-0.05, 0) is 42.9 Å². The van der Waals surface area contributed by atoms with Crippen molar-refractivity contribution in [3.05, 3.63) is 28.2 Å². The molecular formula is C17H27BrN2. The van der Waals surface area contributed by atoms with E-state index < -0.39 is 0 Å². The summed E-state index contributed by atoms with van der Waals surface area (Å²) in [5.41, 5.74) is 2.82. The Morgan fingerprint density at radius 3 is 2.85 bits per heavy atom. The molecule has 0 aliphatic carbocycles. The topological polar surface area (TPSA) is 15.3 Å². The van der Waals surface area contributed by atoms with Crippen LogP contribution in [0.3, 0.4) is 0 Å². The number of rotatable bonds is 4. The smallest absolute Gasteiger partial charge is 0.0423 e. The zero-order valence-electron chi connectivity index (χ0n) is 13.0. The SMILES string of the molecule is CC1CCCN(c2cc(Br)ccc2CNC(C)C)CC1. The number of nitrogens with zero attached hydrogens (tertiary/aromatic N) is 1. The molecule has 0 bridgehead atoms.